The first-order valence-corrected chi connectivity index (χ1v) is 18.2. The average Bonchev–Trinajstić information content (AvgIpc) is 3.89. The summed E-state index contributed by atoms with van der Waals surface area (Å²) in [6.45, 7) is 0. The summed E-state index contributed by atoms with van der Waals surface area (Å²) in [4.78, 5) is 15.9. The highest BCUT2D eigenvalue weighted by molar-refractivity contribution is 6.16. The molecule has 5 heteroatoms. The van der Waals surface area contributed by atoms with E-state index in [0.717, 1.165) is 55.3 Å². The Kier molecular flexibility index (Phi) is 5.99. The number of hydrogen-bond donors (Lipinski definition) is 0. The van der Waals surface area contributed by atoms with Gasteiger partial charge in [-0.3, -0.25) is 0 Å². The molecule has 0 atom stereocenters. The van der Waals surface area contributed by atoms with E-state index >= 15 is 0 Å². The highest BCUT2D eigenvalue weighted by atomic mass is 16.3. The van der Waals surface area contributed by atoms with Crippen LogP contribution in [0.4, 0.5) is 0 Å². The second-order valence-corrected chi connectivity index (χ2v) is 13.9. The van der Waals surface area contributed by atoms with Crippen molar-refractivity contribution in [1.29, 1.82) is 0 Å². The van der Waals surface area contributed by atoms with Crippen molar-refractivity contribution in [2.75, 3.05) is 0 Å². The van der Waals surface area contributed by atoms with Gasteiger partial charge in [-0.25, -0.2) is 15.0 Å². The lowest BCUT2D eigenvalue weighted by molar-refractivity contribution is 0.669. The van der Waals surface area contributed by atoms with Crippen molar-refractivity contribution in [3.8, 4) is 62.1 Å². The lowest BCUT2D eigenvalue weighted by atomic mass is 10.0. The Morgan fingerprint density at radius 3 is 1.74 bits per heavy atom. The summed E-state index contributed by atoms with van der Waals surface area (Å²) in [5, 5.41) is 6.96. The third kappa shape index (κ3) is 4.12. The molecule has 1 aliphatic rings. The van der Waals surface area contributed by atoms with E-state index in [2.05, 4.69) is 144 Å². The van der Waals surface area contributed by atoms with Crippen LogP contribution in [0.5, 0.6) is 0 Å². The van der Waals surface area contributed by atoms with Gasteiger partial charge in [-0.15, -0.1) is 0 Å². The van der Waals surface area contributed by atoms with E-state index in [0.29, 0.717) is 17.5 Å². The average molecular weight is 689 g/mol. The van der Waals surface area contributed by atoms with Gasteiger partial charge in [0.15, 0.2) is 17.5 Å². The SMILES string of the molecule is c1ccc(-n2c3ccccc3c3ccccc32)c(-c2nc(-c3ccc4c(c3)-c3cccc5cccc-4c35)nc(-c3cccc4oc5ccccc5c34)n2)c1. The summed E-state index contributed by atoms with van der Waals surface area (Å²) >= 11 is 0. The predicted molar refractivity (Wildman–Crippen MR) is 220 cm³/mol. The molecule has 12 rings (SSSR count). The molecule has 0 unspecified atom stereocenters. The molecule has 250 valence electrons. The highest BCUT2D eigenvalue weighted by Gasteiger charge is 2.24. The van der Waals surface area contributed by atoms with E-state index in [4.69, 9.17) is 19.4 Å². The maximum Gasteiger partial charge on any atom is 0.166 e. The van der Waals surface area contributed by atoms with E-state index in [1.165, 1.54) is 43.8 Å². The third-order valence-corrected chi connectivity index (χ3v) is 11.0. The molecule has 0 aliphatic heterocycles. The maximum absolute atomic E-state index is 6.33. The van der Waals surface area contributed by atoms with Crippen molar-refractivity contribution in [1.82, 2.24) is 19.5 Å². The second kappa shape index (κ2) is 11.1. The normalized spacial score (nSPS) is 12.1. The number of nitrogens with zero attached hydrogens (tertiary/aromatic N) is 4. The standard InChI is InChI=1S/C49H28N4O/c1-5-21-40-32(14-1)33-15-2-6-22-41(33)53(40)42-23-7-3-16-36(42)48-50-47(30-26-27-31-34-18-9-12-29-13-10-19-35(45(29)34)39(31)28-30)51-49(52-48)38-20-11-25-44-46(38)37-17-4-8-24-43(37)54-44/h1-28H. The van der Waals surface area contributed by atoms with Gasteiger partial charge in [0.2, 0.25) is 0 Å². The van der Waals surface area contributed by atoms with Crippen molar-refractivity contribution in [3.63, 3.8) is 0 Å². The lowest BCUT2D eigenvalue weighted by Gasteiger charge is -2.15. The van der Waals surface area contributed by atoms with Gasteiger partial charge in [-0.1, -0.05) is 127 Å². The number of aromatic nitrogens is 4. The van der Waals surface area contributed by atoms with Crippen LogP contribution >= 0.6 is 0 Å². The smallest absolute Gasteiger partial charge is 0.166 e. The van der Waals surface area contributed by atoms with Crippen molar-refractivity contribution >= 4 is 54.5 Å². The fourth-order valence-corrected chi connectivity index (χ4v) is 8.68. The molecule has 0 amide bonds. The van der Waals surface area contributed by atoms with Crippen LogP contribution in [0.3, 0.4) is 0 Å². The molecular weight excluding hydrogens is 661 g/mol. The molecule has 8 aromatic carbocycles. The molecule has 5 nitrogen and oxygen atoms in total. The predicted octanol–water partition coefficient (Wildman–Crippen LogP) is 12.7. The van der Waals surface area contributed by atoms with E-state index < -0.39 is 0 Å². The first-order valence-electron chi connectivity index (χ1n) is 18.2. The van der Waals surface area contributed by atoms with Gasteiger partial charge >= 0.3 is 0 Å². The number of benzene rings is 8. The number of fused-ring (bicyclic) bond motifs is 9. The van der Waals surface area contributed by atoms with Crippen molar-refractivity contribution in [2.45, 2.75) is 0 Å². The molecule has 0 saturated carbocycles. The zero-order chi connectivity index (χ0) is 35.3. The van der Waals surface area contributed by atoms with E-state index in [1.54, 1.807) is 0 Å². The lowest BCUT2D eigenvalue weighted by Crippen LogP contribution is -2.03. The molecule has 11 aromatic rings. The minimum atomic E-state index is 0.593. The monoisotopic (exact) mass is 688 g/mol. The summed E-state index contributed by atoms with van der Waals surface area (Å²) in [7, 11) is 0. The van der Waals surface area contributed by atoms with Crippen LogP contribution in [0.25, 0.3) is 117 Å². The van der Waals surface area contributed by atoms with Crippen LogP contribution in [0.2, 0.25) is 0 Å². The minimum absolute atomic E-state index is 0.593. The molecular formula is C49H28N4O. The Labute approximate surface area is 309 Å². The van der Waals surface area contributed by atoms with Gasteiger partial charge in [0.05, 0.1) is 16.7 Å². The molecule has 0 spiro atoms. The highest BCUT2D eigenvalue weighted by Crippen LogP contribution is 2.48. The molecule has 0 radical (unpaired) electrons. The van der Waals surface area contributed by atoms with Gasteiger partial charge in [-0.05, 0) is 75.5 Å². The van der Waals surface area contributed by atoms with Crippen LogP contribution in [0.1, 0.15) is 0 Å². The number of hydrogen-bond acceptors (Lipinski definition) is 4. The molecule has 1 aliphatic carbocycles. The van der Waals surface area contributed by atoms with E-state index in [1.807, 2.05) is 30.3 Å². The van der Waals surface area contributed by atoms with Gasteiger partial charge in [0.25, 0.3) is 0 Å². The van der Waals surface area contributed by atoms with Crippen LogP contribution in [0, 0.1) is 0 Å². The van der Waals surface area contributed by atoms with Crippen LogP contribution in [-0.4, -0.2) is 19.5 Å². The van der Waals surface area contributed by atoms with E-state index in [-0.39, 0.29) is 0 Å². The Morgan fingerprint density at radius 2 is 0.944 bits per heavy atom. The van der Waals surface area contributed by atoms with Crippen LogP contribution in [0.15, 0.2) is 174 Å². The van der Waals surface area contributed by atoms with Gasteiger partial charge in [-0.2, -0.15) is 0 Å². The third-order valence-electron chi connectivity index (χ3n) is 11.0. The summed E-state index contributed by atoms with van der Waals surface area (Å²) in [5.41, 5.74) is 12.5. The molecule has 0 fully saturated rings. The Balaban J connectivity index is 1.13. The summed E-state index contributed by atoms with van der Waals surface area (Å²) in [5.74, 6) is 1.81. The quantitative estimate of drug-likeness (QED) is 0.185. The largest absolute Gasteiger partial charge is 0.456 e. The van der Waals surface area contributed by atoms with E-state index in [9.17, 15) is 0 Å². The molecule has 3 aromatic heterocycles. The minimum Gasteiger partial charge on any atom is -0.456 e. The van der Waals surface area contributed by atoms with Gasteiger partial charge in [0.1, 0.15) is 11.2 Å². The molecule has 54 heavy (non-hydrogen) atoms. The Hall–Kier alpha value is -7.37. The fourth-order valence-electron chi connectivity index (χ4n) is 8.68. The van der Waals surface area contributed by atoms with Crippen molar-refractivity contribution < 1.29 is 4.42 Å². The maximum atomic E-state index is 6.33. The van der Waals surface area contributed by atoms with Gasteiger partial charge in [0, 0.05) is 38.2 Å². The first-order chi connectivity index (χ1) is 26.8. The Morgan fingerprint density at radius 1 is 0.370 bits per heavy atom. The zero-order valence-electron chi connectivity index (χ0n) is 28.9. The van der Waals surface area contributed by atoms with Crippen LogP contribution < -0.4 is 0 Å². The van der Waals surface area contributed by atoms with Crippen LogP contribution in [-0.2, 0) is 0 Å². The molecule has 0 saturated heterocycles. The topological polar surface area (TPSA) is 56.7 Å². The summed E-state index contributed by atoms with van der Waals surface area (Å²) in [6, 6.07) is 59.6. The van der Waals surface area contributed by atoms with Gasteiger partial charge < -0.3 is 8.98 Å². The van der Waals surface area contributed by atoms with Crippen molar-refractivity contribution in [2.24, 2.45) is 0 Å². The van der Waals surface area contributed by atoms with Crippen molar-refractivity contribution in [3.05, 3.63) is 170 Å². The first kappa shape index (κ1) is 29.2. The number of para-hydroxylation sites is 4. The molecule has 0 bridgehead atoms. The molecule has 3 heterocycles. The second-order valence-electron chi connectivity index (χ2n) is 13.9. The molecule has 0 N–H and O–H groups in total. The number of furan rings is 1. The Bertz CT molecular complexity index is 3290. The zero-order valence-corrected chi connectivity index (χ0v) is 28.9. The summed E-state index contributed by atoms with van der Waals surface area (Å²) in [6.07, 6.45) is 0. The number of rotatable bonds is 4. The summed E-state index contributed by atoms with van der Waals surface area (Å²) < 4.78 is 8.66. The fraction of sp³-hybridized carbons (Fsp3) is 0.